The molecule has 0 amide bonds. The molecular weight excluding hydrogens is 134 g/mol. The van der Waals surface area contributed by atoms with Gasteiger partial charge < -0.3 is 4.90 Å². The van der Waals surface area contributed by atoms with Crippen LogP contribution < -0.4 is 0 Å². The van der Waals surface area contributed by atoms with Crippen LogP contribution in [0.5, 0.6) is 0 Å². The van der Waals surface area contributed by atoms with E-state index < -0.39 is 0 Å². The van der Waals surface area contributed by atoms with Gasteiger partial charge in [0, 0.05) is 19.3 Å². The van der Waals surface area contributed by atoms with Crippen LogP contribution in [0, 0.1) is 5.41 Å². The third-order valence-electron chi connectivity index (χ3n) is 1.66. The van der Waals surface area contributed by atoms with Crippen LogP contribution in [0.3, 0.4) is 0 Å². The van der Waals surface area contributed by atoms with Gasteiger partial charge in [0.2, 0.25) is 0 Å². The predicted molar refractivity (Wildman–Crippen MR) is 51.5 cm³/mol. The highest BCUT2D eigenvalue weighted by Crippen LogP contribution is 2.17. The van der Waals surface area contributed by atoms with Crippen molar-refractivity contribution in [1.29, 1.82) is 0 Å². The zero-order chi connectivity index (χ0) is 9.07. The zero-order valence-electron chi connectivity index (χ0n) is 8.57. The van der Waals surface area contributed by atoms with Crippen molar-refractivity contribution in [3.8, 4) is 0 Å². The summed E-state index contributed by atoms with van der Waals surface area (Å²) in [6.07, 6.45) is 1.05. The summed E-state index contributed by atoms with van der Waals surface area (Å²) >= 11 is 0. The molecule has 0 aliphatic heterocycles. The van der Waals surface area contributed by atoms with Gasteiger partial charge in [-0.2, -0.15) is 0 Å². The zero-order valence-corrected chi connectivity index (χ0v) is 8.57. The molecule has 0 saturated carbocycles. The third kappa shape index (κ3) is 4.88. The smallest absolute Gasteiger partial charge is 0.0220 e. The van der Waals surface area contributed by atoms with Gasteiger partial charge in [0.25, 0.3) is 0 Å². The second kappa shape index (κ2) is 3.80. The van der Waals surface area contributed by atoms with Crippen molar-refractivity contribution in [1.82, 2.24) is 4.90 Å². The summed E-state index contributed by atoms with van der Waals surface area (Å²) in [6, 6.07) is 0. The maximum atomic E-state index is 3.98. The monoisotopic (exact) mass is 155 g/mol. The van der Waals surface area contributed by atoms with E-state index in [1.165, 1.54) is 5.70 Å². The lowest BCUT2D eigenvalue weighted by Gasteiger charge is -2.29. The Hall–Kier alpha value is -0.460. The van der Waals surface area contributed by atoms with Gasteiger partial charge >= 0.3 is 0 Å². The van der Waals surface area contributed by atoms with Crippen LogP contribution in [0.2, 0.25) is 0 Å². The van der Waals surface area contributed by atoms with Crippen molar-refractivity contribution in [3.05, 3.63) is 12.3 Å². The first-order valence-corrected chi connectivity index (χ1v) is 4.25. The second-order valence-electron chi connectivity index (χ2n) is 4.34. The van der Waals surface area contributed by atoms with Gasteiger partial charge in [-0.05, 0) is 11.8 Å². The van der Waals surface area contributed by atoms with E-state index in [2.05, 4.69) is 46.2 Å². The number of rotatable bonds is 3. The minimum Gasteiger partial charge on any atom is -0.378 e. The molecule has 0 N–H and O–H groups in total. The van der Waals surface area contributed by atoms with Gasteiger partial charge in [-0.3, -0.25) is 0 Å². The van der Waals surface area contributed by atoms with Crippen molar-refractivity contribution >= 4 is 0 Å². The largest absolute Gasteiger partial charge is 0.378 e. The molecule has 0 aromatic carbocycles. The lowest BCUT2D eigenvalue weighted by atomic mass is 9.96. The van der Waals surface area contributed by atoms with E-state index in [1.54, 1.807) is 0 Å². The molecule has 66 valence electrons. The van der Waals surface area contributed by atoms with Crippen molar-refractivity contribution < 1.29 is 0 Å². The summed E-state index contributed by atoms with van der Waals surface area (Å²) in [4.78, 5) is 2.24. The molecule has 0 aromatic heterocycles. The van der Waals surface area contributed by atoms with Crippen LogP contribution in [-0.4, -0.2) is 18.5 Å². The Bertz CT molecular complexity index is 130. The van der Waals surface area contributed by atoms with Crippen LogP contribution in [0.25, 0.3) is 0 Å². The van der Waals surface area contributed by atoms with Crippen molar-refractivity contribution in [2.75, 3.05) is 13.6 Å². The lowest BCUT2D eigenvalue weighted by Crippen LogP contribution is -2.28. The highest BCUT2D eigenvalue weighted by atomic mass is 15.1. The Labute approximate surface area is 71.1 Å². The molecule has 0 radical (unpaired) electrons. The van der Waals surface area contributed by atoms with Crippen LogP contribution in [-0.2, 0) is 0 Å². The standard InChI is InChI=1S/C10H21N/c1-7-9(2)11(6)8-10(3,4)5/h2,7-8H2,1,3-6H3. The van der Waals surface area contributed by atoms with E-state index in [0.29, 0.717) is 5.41 Å². The molecule has 0 spiro atoms. The molecule has 1 heteroatoms. The van der Waals surface area contributed by atoms with E-state index in [-0.39, 0.29) is 0 Å². The maximum absolute atomic E-state index is 3.98. The molecule has 0 rings (SSSR count). The van der Waals surface area contributed by atoms with Gasteiger partial charge in [0.15, 0.2) is 0 Å². The lowest BCUT2D eigenvalue weighted by molar-refractivity contribution is 0.265. The molecular formula is C10H21N. The molecule has 0 aromatic rings. The highest BCUT2D eigenvalue weighted by molar-refractivity contribution is 4.91. The Kier molecular flexibility index (Phi) is 3.64. The number of allylic oxidation sites excluding steroid dienone is 1. The first kappa shape index (κ1) is 10.5. The topological polar surface area (TPSA) is 3.24 Å². The molecule has 0 aliphatic carbocycles. The first-order valence-electron chi connectivity index (χ1n) is 4.25. The minimum atomic E-state index is 0.368. The summed E-state index contributed by atoms with van der Waals surface area (Å²) in [5.41, 5.74) is 1.59. The summed E-state index contributed by atoms with van der Waals surface area (Å²) in [5.74, 6) is 0. The molecule has 0 unspecified atom stereocenters. The Balaban J connectivity index is 3.87. The average molecular weight is 155 g/mol. The molecule has 0 bridgehead atoms. The maximum Gasteiger partial charge on any atom is 0.0220 e. The Morgan fingerprint density at radius 2 is 1.82 bits per heavy atom. The van der Waals surface area contributed by atoms with Crippen LogP contribution in [0.15, 0.2) is 12.3 Å². The first-order chi connectivity index (χ1) is 4.87. The predicted octanol–water partition coefficient (Wildman–Crippen LogP) is 2.89. The Morgan fingerprint density at radius 1 is 1.36 bits per heavy atom. The second-order valence-corrected chi connectivity index (χ2v) is 4.34. The van der Waals surface area contributed by atoms with E-state index >= 15 is 0 Å². The van der Waals surface area contributed by atoms with Crippen LogP contribution in [0.1, 0.15) is 34.1 Å². The van der Waals surface area contributed by atoms with E-state index in [1.807, 2.05) is 0 Å². The van der Waals surface area contributed by atoms with Gasteiger partial charge in [0.05, 0.1) is 0 Å². The van der Waals surface area contributed by atoms with Gasteiger partial charge in [-0.1, -0.05) is 34.3 Å². The molecule has 0 aliphatic rings. The molecule has 0 heterocycles. The van der Waals surface area contributed by atoms with E-state index in [9.17, 15) is 0 Å². The number of hydrogen-bond acceptors (Lipinski definition) is 1. The number of nitrogens with zero attached hydrogens (tertiary/aromatic N) is 1. The van der Waals surface area contributed by atoms with E-state index in [4.69, 9.17) is 0 Å². The molecule has 1 nitrogen and oxygen atoms in total. The summed E-state index contributed by atoms with van der Waals surface area (Å²) < 4.78 is 0. The molecule has 0 saturated heterocycles. The van der Waals surface area contributed by atoms with Crippen molar-refractivity contribution in [3.63, 3.8) is 0 Å². The quantitative estimate of drug-likeness (QED) is 0.605. The van der Waals surface area contributed by atoms with Crippen LogP contribution >= 0.6 is 0 Å². The fourth-order valence-electron chi connectivity index (χ4n) is 1.09. The van der Waals surface area contributed by atoms with Crippen LogP contribution in [0.4, 0.5) is 0 Å². The average Bonchev–Trinajstić information content (AvgIpc) is 1.82. The van der Waals surface area contributed by atoms with Crippen molar-refractivity contribution in [2.45, 2.75) is 34.1 Å². The Morgan fingerprint density at radius 3 is 2.09 bits per heavy atom. The molecule has 0 atom stereocenters. The fraction of sp³-hybridized carbons (Fsp3) is 0.800. The fourth-order valence-corrected chi connectivity index (χ4v) is 1.09. The minimum absolute atomic E-state index is 0.368. The van der Waals surface area contributed by atoms with Crippen molar-refractivity contribution in [2.24, 2.45) is 5.41 Å². The summed E-state index contributed by atoms with van der Waals surface area (Å²) in [7, 11) is 2.11. The third-order valence-corrected chi connectivity index (χ3v) is 1.66. The van der Waals surface area contributed by atoms with Gasteiger partial charge in [0.1, 0.15) is 0 Å². The SMILES string of the molecule is C=C(CC)N(C)CC(C)(C)C. The van der Waals surface area contributed by atoms with Gasteiger partial charge in [-0.25, -0.2) is 0 Å². The van der Waals surface area contributed by atoms with E-state index in [0.717, 1.165) is 13.0 Å². The highest BCUT2D eigenvalue weighted by Gasteiger charge is 2.13. The number of hydrogen-bond donors (Lipinski definition) is 0. The molecule has 11 heavy (non-hydrogen) atoms. The molecule has 0 fully saturated rings. The summed E-state index contributed by atoms with van der Waals surface area (Å²) in [5, 5.41) is 0. The summed E-state index contributed by atoms with van der Waals surface area (Å²) in [6.45, 7) is 13.9. The van der Waals surface area contributed by atoms with Gasteiger partial charge in [-0.15, -0.1) is 0 Å². The normalized spacial score (nSPS) is 11.4.